The topological polar surface area (TPSA) is 85.3 Å². The van der Waals surface area contributed by atoms with E-state index in [0.717, 1.165) is 53.7 Å². The first-order chi connectivity index (χ1) is 17.0. The van der Waals surface area contributed by atoms with Gasteiger partial charge in [-0.2, -0.15) is 0 Å². The number of carbonyl (C=O) groups is 1. The van der Waals surface area contributed by atoms with E-state index >= 15 is 0 Å². The molecule has 0 radical (unpaired) electrons. The van der Waals surface area contributed by atoms with Crippen molar-refractivity contribution in [1.29, 1.82) is 0 Å². The van der Waals surface area contributed by atoms with E-state index in [9.17, 15) is 14.3 Å². The van der Waals surface area contributed by atoms with Crippen LogP contribution in [0.4, 0.5) is 4.39 Å². The molecule has 4 heterocycles. The molecule has 2 fully saturated rings. The quantitative estimate of drug-likeness (QED) is 0.468. The monoisotopic (exact) mass is 473 g/mol. The first-order valence-corrected chi connectivity index (χ1v) is 12.2. The normalized spacial score (nSPS) is 18.8. The number of aliphatic hydroxyl groups is 1. The summed E-state index contributed by atoms with van der Waals surface area (Å²) in [7, 11) is 0. The fourth-order valence-electron chi connectivity index (χ4n) is 5.43. The summed E-state index contributed by atoms with van der Waals surface area (Å²) in [5.41, 5.74) is 4.31. The summed E-state index contributed by atoms with van der Waals surface area (Å²) in [6.07, 6.45) is 3.38. The van der Waals surface area contributed by atoms with E-state index in [0.29, 0.717) is 24.6 Å². The molecular weight excluding hydrogens is 445 g/mol. The third-order valence-corrected chi connectivity index (χ3v) is 7.55. The minimum absolute atomic E-state index is 0.0630. The number of imidazole rings is 1. The van der Waals surface area contributed by atoms with Crippen LogP contribution in [0.1, 0.15) is 53.5 Å². The summed E-state index contributed by atoms with van der Waals surface area (Å²) in [5.74, 6) is 0.968. The number of rotatable bonds is 4. The van der Waals surface area contributed by atoms with Gasteiger partial charge in [-0.1, -0.05) is 0 Å². The molecule has 0 bridgehead atoms. The number of pyridine rings is 1. The van der Waals surface area contributed by atoms with Crippen LogP contribution in [0.3, 0.4) is 0 Å². The van der Waals surface area contributed by atoms with E-state index < -0.39 is 6.10 Å². The molecule has 7 nitrogen and oxygen atoms in total. The Bertz CT molecular complexity index is 1410. The lowest BCUT2D eigenvalue weighted by molar-refractivity contribution is 0.00590. The lowest BCUT2D eigenvalue weighted by atomic mass is 9.87. The van der Waals surface area contributed by atoms with Crippen molar-refractivity contribution in [2.24, 2.45) is 0 Å². The van der Waals surface area contributed by atoms with Crippen molar-refractivity contribution in [3.8, 4) is 0 Å². The molecule has 4 aromatic rings. The van der Waals surface area contributed by atoms with Gasteiger partial charge < -0.3 is 15.0 Å². The van der Waals surface area contributed by atoms with E-state index in [1.165, 1.54) is 11.6 Å². The molecule has 8 heteroatoms. The average molecular weight is 474 g/mol. The van der Waals surface area contributed by atoms with Gasteiger partial charge in [0.05, 0.1) is 28.7 Å². The van der Waals surface area contributed by atoms with Crippen molar-refractivity contribution in [3.63, 3.8) is 0 Å². The number of fused-ring (bicyclic) bond motifs is 2. The minimum atomic E-state index is -0.412. The van der Waals surface area contributed by atoms with E-state index in [4.69, 9.17) is 4.98 Å². The van der Waals surface area contributed by atoms with Gasteiger partial charge in [-0.15, -0.1) is 0 Å². The van der Waals surface area contributed by atoms with Crippen LogP contribution >= 0.6 is 0 Å². The number of H-pyrrole nitrogens is 1. The molecule has 2 aliphatic heterocycles. The Hall–Kier alpha value is -3.36. The van der Waals surface area contributed by atoms with Crippen LogP contribution in [0, 0.1) is 5.82 Å². The number of nitrogens with zero attached hydrogens (tertiary/aromatic N) is 4. The average Bonchev–Trinajstić information content (AvgIpc) is 3.29. The number of likely N-dealkylation sites (tertiary alicyclic amines) is 2. The second kappa shape index (κ2) is 8.70. The molecule has 0 saturated carbocycles. The van der Waals surface area contributed by atoms with Crippen LogP contribution in [0.15, 0.2) is 48.7 Å². The summed E-state index contributed by atoms with van der Waals surface area (Å²) in [5, 5.41) is 10.4. The molecule has 6 rings (SSSR count). The van der Waals surface area contributed by atoms with E-state index in [1.54, 1.807) is 23.1 Å². The number of halogens is 1. The van der Waals surface area contributed by atoms with Gasteiger partial charge >= 0.3 is 0 Å². The number of piperidine rings is 1. The Balaban J connectivity index is 1.16. The zero-order valence-corrected chi connectivity index (χ0v) is 19.6. The molecule has 2 N–H and O–H groups in total. The Morgan fingerprint density at radius 3 is 2.66 bits per heavy atom. The van der Waals surface area contributed by atoms with Gasteiger partial charge in [0.2, 0.25) is 0 Å². The number of aromatic amines is 1. The number of aliphatic hydroxyl groups excluding tert-OH is 1. The number of β-amino-alcohol motifs (C(OH)–C–C–N with tert-alkyl or cyclic N) is 1. The Morgan fingerprint density at radius 2 is 1.89 bits per heavy atom. The number of hydrogen-bond donors (Lipinski definition) is 2. The van der Waals surface area contributed by atoms with Gasteiger partial charge in [-0.05, 0) is 86.8 Å². The molecule has 2 aromatic heterocycles. The van der Waals surface area contributed by atoms with Crippen molar-refractivity contribution >= 4 is 27.8 Å². The summed E-state index contributed by atoms with van der Waals surface area (Å²) in [6.45, 7) is 4.78. The van der Waals surface area contributed by atoms with Crippen LogP contribution in [0.25, 0.3) is 21.9 Å². The smallest absolute Gasteiger partial charge is 0.254 e. The first kappa shape index (κ1) is 22.1. The molecular formula is C27H28FN5O2. The number of benzene rings is 2. The SMILES string of the molecule is CC(c1nc2ccc(C(=O)N3CC(O)C3)cc2[nH]1)N1CCC(c2ccnc3ccc(F)cc23)CC1. The molecule has 1 unspecified atom stereocenters. The maximum Gasteiger partial charge on any atom is 0.254 e. The minimum Gasteiger partial charge on any atom is -0.389 e. The molecule has 2 aliphatic rings. The predicted octanol–water partition coefficient (Wildman–Crippen LogP) is 4.01. The first-order valence-electron chi connectivity index (χ1n) is 12.2. The van der Waals surface area contributed by atoms with Gasteiger partial charge in [0.15, 0.2) is 0 Å². The highest BCUT2D eigenvalue weighted by molar-refractivity contribution is 5.97. The highest BCUT2D eigenvalue weighted by Gasteiger charge is 2.30. The number of amides is 1. The number of hydrogen-bond acceptors (Lipinski definition) is 5. The fraction of sp³-hybridized carbons (Fsp3) is 0.370. The van der Waals surface area contributed by atoms with Gasteiger partial charge in [0.25, 0.3) is 5.91 Å². The number of carbonyl (C=O) groups excluding carboxylic acids is 1. The second-order valence-electron chi connectivity index (χ2n) is 9.77. The number of nitrogens with one attached hydrogen (secondary N) is 1. The summed E-state index contributed by atoms with van der Waals surface area (Å²) >= 11 is 0. The molecule has 0 spiro atoms. The van der Waals surface area contributed by atoms with Gasteiger partial charge in [0.1, 0.15) is 11.6 Å². The molecule has 2 aromatic carbocycles. The predicted molar refractivity (Wildman–Crippen MR) is 132 cm³/mol. The van der Waals surface area contributed by atoms with E-state index in [1.807, 2.05) is 24.4 Å². The second-order valence-corrected chi connectivity index (χ2v) is 9.77. The third kappa shape index (κ3) is 4.06. The van der Waals surface area contributed by atoms with Gasteiger partial charge in [-0.25, -0.2) is 9.37 Å². The maximum absolute atomic E-state index is 13.9. The van der Waals surface area contributed by atoms with Crippen molar-refractivity contribution in [2.75, 3.05) is 26.2 Å². The highest BCUT2D eigenvalue weighted by atomic mass is 19.1. The zero-order valence-electron chi connectivity index (χ0n) is 19.6. The molecule has 1 atom stereocenters. The zero-order chi connectivity index (χ0) is 24.1. The standard InChI is InChI=1S/C27H28FN5O2/c1-16(26-30-24-4-2-18(12-25(24)31-26)27(35)33-14-20(34)15-33)32-10-7-17(8-11-32)21-6-9-29-23-5-3-19(28)13-22(21)23/h2-6,9,12-13,16-17,20,34H,7-8,10-11,14-15H2,1H3,(H,30,31). The Morgan fingerprint density at radius 1 is 1.11 bits per heavy atom. The lowest BCUT2D eigenvalue weighted by Crippen LogP contribution is -2.53. The van der Waals surface area contributed by atoms with Crippen LogP contribution in [-0.2, 0) is 0 Å². The van der Waals surface area contributed by atoms with Gasteiger partial charge in [-0.3, -0.25) is 14.7 Å². The Labute approximate surface area is 202 Å². The summed E-state index contributed by atoms with van der Waals surface area (Å²) in [6, 6.07) is 12.5. The number of aromatic nitrogens is 3. The van der Waals surface area contributed by atoms with Crippen LogP contribution in [-0.4, -0.2) is 68.0 Å². The lowest BCUT2D eigenvalue weighted by Gasteiger charge is -2.35. The summed E-state index contributed by atoms with van der Waals surface area (Å²) in [4.78, 5) is 29.3. The van der Waals surface area contributed by atoms with Crippen LogP contribution in [0.5, 0.6) is 0 Å². The van der Waals surface area contributed by atoms with Crippen molar-refractivity contribution in [3.05, 3.63) is 71.4 Å². The van der Waals surface area contributed by atoms with Crippen LogP contribution < -0.4 is 0 Å². The largest absolute Gasteiger partial charge is 0.389 e. The maximum atomic E-state index is 13.9. The van der Waals surface area contributed by atoms with Crippen molar-refractivity contribution < 1.29 is 14.3 Å². The summed E-state index contributed by atoms with van der Waals surface area (Å²) < 4.78 is 13.9. The Kier molecular flexibility index (Phi) is 5.50. The molecule has 2 saturated heterocycles. The molecule has 1 amide bonds. The third-order valence-electron chi connectivity index (χ3n) is 7.55. The van der Waals surface area contributed by atoms with Crippen LogP contribution in [0.2, 0.25) is 0 Å². The molecule has 35 heavy (non-hydrogen) atoms. The van der Waals surface area contributed by atoms with Crippen molar-refractivity contribution in [2.45, 2.75) is 37.8 Å². The van der Waals surface area contributed by atoms with E-state index in [-0.39, 0.29) is 17.8 Å². The van der Waals surface area contributed by atoms with E-state index in [2.05, 4.69) is 21.8 Å². The van der Waals surface area contributed by atoms with Gasteiger partial charge in [0, 0.05) is 30.2 Å². The fourth-order valence-corrected chi connectivity index (χ4v) is 5.43. The molecule has 0 aliphatic carbocycles. The highest BCUT2D eigenvalue weighted by Crippen LogP contribution is 2.35. The van der Waals surface area contributed by atoms with Crippen molar-refractivity contribution in [1.82, 2.24) is 24.8 Å². The molecule has 180 valence electrons.